The second-order valence-electron chi connectivity index (χ2n) is 7.75. The van der Waals surface area contributed by atoms with E-state index < -0.39 is 6.04 Å². The van der Waals surface area contributed by atoms with E-state index in [1.165, 1.54) is 0 Å². The minimum Gasteiger partial charge on any atom is -0.395 e. The highest BCUT2D eigenvalue weighted by Crippen LogP contribution is 2.31. The van der Waals surface area contributed by atoms with E-state index in [9.17, 15) is 9.90 Å². The van der Waals surface area contributed by atoms with Crippen molar-refractivity contribution in [2.45, 2.75) is 26.1 Å². The van der Waals surface area contributed by atoms with Crippen molar-refractivity contribution >= 4 is 39.2 Å². The maximum atomic E-state index is 13.0. The van der Waals surface area contributed by atoms with Crippen LogP contribution < -0.4 is 5.32 Å². The average Bonchev–Trinajstić information content (AvgIpc) is 3.58. The van der Waals surface area contributed by atoms with Crippen molar-refractivity contribution in [1.82, 2.24) is 29.9 Å². The summed E-state index contributed by atoms with van der Waals surface area (Å²) in [6.07, 6.45) is 1.81. The van der Waals surface area contributed by atoms with Gasteiger partial charge >= 0.3 is 0 Å². The van der Waals surface area contributed by atoms with Crippen molar-refractivity contribution in [3.8, 4) is 5.69 Å². The monoisotopic (exact) mass is 542 g/mol. The maximum absolute atomic E-state index is 13.0. The van der Waals surface area contributed by atoms with Gasteiger partial charge in [-0.3, -0.25) is 4.79 Å². The standard InChI is InChI=1S/C22H23BrN8O4/c1-2-34-9-10-35-12-14-11-31(29-28-14)15-5-3-13(4-6-15)19-24-16-18(33)17-21(27-20(16)26-19)30(7-8-32)22(23)25-17/h3-6,11,16,32H,2,7-10,12H2,1H3,(H,24,26,27). The number of carbonyl (C=O) groups excluding carboxylic acids is 1. The van der Waals surface area contributed by atoms with Gasteiger partial charge in [0.1, 0.15) is 17.4 Å². The van der Waals surface area contributed by atoms with E-state index in [0.29, 0.717) is 48.7 Å². The molecule has 0 bridgehead atoms. The van der Waals surface area contributed by atoms with Crippen LogP contribution in [0.1, 0.15) is 28.7 Å². The van der Waals surface area contributed by atoms with E-state index in [-0.39, 0.29) is 24.6 Å². The highest BCUT2D eigenvalue weighted by atomic mass is 79.9. The Kier molecular flexibility index (Phi) is 6.81. The number of aliphatic imine (C=N–C) groups is 2. The predicted molar refractivity (Wildman–Crippen MR) is 129 cm³/mol. The van der Waals surface area contributed by atoms with Crippen molar-refractivity contribution < 1.29 is 19.4 Å². The van der Waals surface area contributed by atoms with Gasteiger partial charge in [0.2, 0.25) is 5.78 Å². The summed E-state index contributed by atoms with van der Waals surface area (Å²) in [5.41, 5.74) is 2.59. The van der Waals surface area contributed by atoms with Gasteiger partial charge in [-0.1, -0.05) is 5.21 Å². The minimum atomic E-state index is -0.762. The third-order valence-corrected chi connectivity index (χ3v) is 6.07. The number of halogens is 1. The molecular weight excluding hydrogens is 520 g/mol. The molecular formula is C22H23BrN8O4. The van der Waals surface area contributed by atoms with Gasteiger partial charge < -0.3 is 24.5 Å². The molecule has 5 rings (SSSR count). The van der Waals surface area contributed by atoms with E-state index in [2.05, 4.69) is 46.5 Å². The number of ether oxygens (including phenoxy) is 2. The van der Waals surface area contributed by atoms with Gasteiger partial charge in [-0.15, -0.1) is 5.10 Å². The number of aliphatic hydroxyl groups is 1. The maximum Gasteiger partial charge on any atom is 0.217 e. The van der Waals surface area contributed by atoms with Gasteiger partial charge in [-0.05, 0) is 47.1 Å². The summed E-state index contributed by atoms with van der Waals surface area (Å²) in [5, 5.41) is 20.8. The molecule has 3 aromatic rings. The molecule has 0 radical (unpaired) electrons. The van der Waals surface area contributed by atoms with E-state index in [4.69, 9.17) is 9.47 Å². The van der Waals surface area contributed by atoms with Crippen LogP contribution >= 0.6 is 15.9 Å². The largest absolute Gasteiger partial charge is 0.395 e. The number of benzene rings is 1. The summed E-state index contributed by atoms with van der Waals surface area (Å²) in [6.45, 7) is 4.19. The fourth-order valence-electron chi connectivity index (χ4n) is 3.77. The van der Waals surface area contributed by atoms with Crippen LogP contribution in [-0.2, 0) is 22.6 Å². The number of hydrogen-bond donors (Lipinski definition) is 2. The van der Waals surface area contributed by atoms with Gasteiger partial charge in [0, 0.05) is 18.7 Å². The number of nitrogens with one attached hydrogen (secondary N) is 1. The third-order valence-electron chi connectivity index (χ3n) is 5.46. The quantitative estimate of drug-likeness (QED) is 0.366. The lowest BCUT2D eigenvalue weighted by Crippen LogP contribution is -2.36. The van der Waals surface area contributed by atoms with Gasteiger partial charge in [-0.2, -0.15) is 0 Å². The van der Waals surface area contributed by atoms with Crippen molar-refractivity contribution in [1.29, 1.82) is 0 Å². The molecule has 0 amide bonds. The molecule has 1 atom stereocenters. The summed E-state index contributed by atoms with van der Waals surface area (Å²) in [5.74, 6) is 1.16. The topological polar surface area (TPSA) is 141 Å². The van der Waals surface area contributed by atoms with Gasteiger partial charge in [0.25, 0.3) is 0 Å². The van der Waals surface area contributed by atoms with Crippen LogP contribution in [0.5, 0.6) is 0 Å². The molecule has 13 heteroatoms. The molecule has 0 saturated heterocycles. The Hall–Kier alpha value is -3.26. The van der Waals surface area contributed by atoms with E-state index >= 15 is 0 Å². The molecule has 182 valence electrons. The lowest BCUT2D eigenvalue weighted by Gasteiger charge is -2.14. The molecule has 2 aromatic heterocycles. The Balaban J connectivity index is 1.28. The summed E-state index contributed by atoms with van der Waals surface area (Å²) < 4.78 is 14.5. The summed E-state index contributed by atoms with van der Waals surface area (Å²) >= 11 is 3.32. The summed E-state index contributed by atoms with van der Waals surface area (Å²) in [4.78, 5) is 26.4. The smallest absolute Gasteiger partial charge is 0.217 e. The predicted octanol–water partition coefficient (Wildman–Crippen LogP) is 1.42. The van der Waals surface area contributed by atoms with Gasteiger partial charge in [0.15, 0.2) is 22.3 Å². The molecule has 1 aromatic carbocycles. The number of imidazole rings is 1. The number of aliphatic hydroxyl groups excluding tert-OH is 1. The normalized spacial score (nSPS) is 16.5. The van der Waals surface area contributed by atoms with E-state index in [1.807, 2.05) is 37.4 Å². The van der Waals surface area contributed by atoms with Crippen LogP contribution in [0, 0.1) is 0 Å². The number of fused-ring (bicyclic) bond motifs is 2. The first-order chi connectivity index (χ1) is 17.1. The molecule has 2 N–H and O–H groups in total. The van der Waals surface area contributed by atoms with Crippen molar-refractivity contribution in [3.63, 3.8) is 0 Å². The van der Waals surface area contributed by atoms with Crippen LogP contribution in [0.25, 0.3) is 5.69 Å². The Bertz CT molecular complexity index is 1300. The summed E-state index contributed by atoms with van der Waals surface area (Å²) in [7, 11) is 0. The van der Waals surface area contributed by atoms with Crippen LogP contribution in [-0.4, -0.2) is 79.6 Å². The zero-order valence-electron chi connectivity index (χ0n) is 18.9. The van der Waals surface area contributed by atoms with E-state index in [1.54, 1.807) is 9.25 Å². The molecule has 0 spiro atoms. The van der Waals surface area contributed by atoms with Crippen molar-refractivity contribution in [2.75, 3.05) is 26.4 Å². The number of ketones is 1. The van der Waals surface area contributed by atoms with Crippen LogP contribution in [0.2, 0.25) is 0 Å². The van der Waals surface area contributed by atoms with Crippen molar-refractivity contribution in [2.24, 2.45) is 9.98 Å². The molecule has 0 aliphatic carbocycles. The van der Waals surface area contributed by atoms with E-state index in [0.717, 1.165) is 16.9 Å². The average molecular weight is 543 g/mol. The van der Waals surface area contributed by atoms with Gasteiger partial charge in [-0.25, -0.2) is 19.7 Å². The molecule has 12 nitrogen and oxygen atoms in total. The van der Waals surface area contributed by atoms with Crippen molar-refractivity contribution in [3.05, 3.63) is 52.1 Å². The SMILES string of the molecule is CCOCCOCc1cn(-c2ccc(C3=NC4C(=O)c5nc(Br)n(CCO)c5N=C4N3)cc2)nn1. The number of aromatic nitrogens is 5. The Morgan fingerprint density at radius 1 is 1.20 bits per heavy atom. The molecule has 4 heterocycles. The lowest BCUT2D eigenvalue weighted by molar-refractivity contribution is 0.0441. The molecule has 2 aliphatic heterocycles. The number of carbonyl (C=O) groups is 1. The molecule has 0 fully saturated rings. The Morgan fingerprint density at radius 3 is 2.77 bits per heavy atom. The number of nitrogens with zero attached hydrogens (tertiary/aromatic N) is 7. The molecule has 0 saturated carbocycles. The lowest BCUT2D eigenvalue weighted by atomic mass is 10.1. The van der Waals surface area contributed by atoms with Crippen LogP contribution in [0.3, 0.4) is 0 Å². The first-order valence-electron chi connectivity index (χ1n) is 11.1. The fraction of sp³-hybridized carbons (Fsp3) is 0.364. The second-order valence-corrected chi connectivity index (χ2v) is 8.45. The number of amidine groups is 2. The fourth-order valence-corrected chi connectivity index (χ4v) is 4.29. The second kappa shape index (κ2) is 10.2. The highest BCUT2D eigenvalue weighted by Gasteiger charge is 2.39. The summed E-state index contributed by atoms with van der Waals surface area (Å²) in [6, 6.07) is 6.79. The molecule has 2 aliphatic rings. The first-order valence-corrected chi connectivity index (χ1v) is 11.9. The number of Topliss-reactive ketones (excluding diaryl/α,β-unsaturated/α-hetero) is 1. The minimum absolute atomic E-state index is 0.0976. The Labute approximate surface area is 208 Å². The Morgan fingerprint density at radius 2 is 2.00 bits per heavy atom. The van der Waals surface area contributed by atoms with Crippen LogP contribution in [0.4, 0.5) is 5.82 Å². The highest BCUT2D eigenvalue weighted by molar-refractivity contribution is 9.10. The molecule has 35 heavy (non-hydrogen) atoms. The zero-order chi connectivity index (χ0) is 24.4. The number of rotatable bonds is 10. The van der Waals surface area contributed by atoms with Crippen LogP contribution in [0.15, 0.2) is 45.2 Å². The third kappa shape index (κ3) is 4.67. The van der Waals surface area contributed by atoms with Gasteiger partial charge in [0.05, 0.1) is 38.3 Å². The zero-order valence-corrected chi connectivity index (χ0v) is 20.5. The first kappa shape index (κ1) is 23.5. The number of hydrogen-bond acceptors (Lipinski definition) is 10. The molecule has 1 unspecified atom stereocenters.